The zero-order valence-corrected chi connectivity index (χ0v) is 6.56. The molecule has 1 unspecified atom stereocenters. The summed E-state index contributed by atoms with van der Waals surface area (Å²) in [6.45, 7) is 1.59. The van der Waals surface area contributed by atoms with E-state index in [-0.39, 0.29) is 5.56 Å². The van der Waals surface area contributed by atoms with E-state index in [2.05, 4.69) is 5.10 Å². The molecule has 1 heterocycles. The summed E-state index contributed by atoms with van der Waals surface area (Å²) >= 11 is 0. The first-order valence-corrected chi connectivity index (χ1v) is 3.39. The number of nitrogen functional groups attached to an aromatic ring is 1. The highest BCUT2D eigenvalue weighted by atomic mass is 16.1. The van der Waals surface area contributed by atoms with E-state index in [1.54, 1.807) is 6.92 Å². The molecule has 0 radical (unpaired) electrons. The molecule has 0 aromatic carbocycles. The molecule has 1 aromatic rings. The van der Waals surface area contributed by atoms with Gasteiger partial charge >= 0.3 is 0 Å². The number of nitriles is 1. The fraction of sp³-hybridized carbons (Fsp3) is 0.286. The van der Waals surface area contributed by atoms with Gasteiger partial charge in [0, 0.05) is 6.07 Å². The number of anilines is 1. The number of aromatic nitrogens is 2. The van der Waals surface area contributed by atoms with Gasteiger partial charge in [-0.3, -0.25) is 4.79 Å². The first kappa shape index (κ1) is 8.27. The van der Waals surface area contributed by atoms with E-state index < -0.39 is 6.04 Å². The summed E-state index contributed by atoms with van der Waals surface area (Å²) in [5, 5.41) is 12.2. The first-order valence-electron chi connectivity index (χ1n) is 3.39. The smallest absolute Gasteiger partial charge is 0.270 e. The van der Waals surface area contributed by atoms with Gasteiger partial charge in [-0.1, -0.05) is 0 Å². The van der Waals surface area contributed by atoms with Crippen LogP contribution < -0.4 is 11.3 Å². The van der Waals surface area contributed by atoms with Gasteiger partial charge < -0.3 is 5.73 Å². The van der Waals surface area contributed by atoms with Gasteiger partial charge in [-0.05, 0) is 6.92 Å². The SMILES string of the molecule is CC(C#N)n1ncc(N)cc1=O. The fourth-order valence-corrected chi connectivity index (χ4v) is 0.777. The van der Waals surface area contributed by atoms with Gasteiger partial charge in [0.25, 0.3) is 5.56 Å². The number of hydrogen-bond donors (Lipinski definition) is 1. The van der Waals surface area contributed by atoms with E-state index in [4.69, 9.17) is 11.0 Å². The van der Waals surface area contributed by atoms with Crippen LogP contribution in [0.1, 0.15) is 13.0 Å². The quantitative estimate of drug-likeness (QED) is 0.628. The highest BCUT2D eigenvalue weighted by Crippen LogP contribution is 1.98. The second kappa shape index (κ2) is 3.05. The normalized spacial score (nSPS) is 12.0. The highest BCUT2D eigenvalue weighted by molar-refractivity contribution is 5.31. The molecule has 0 aliphatic carbocycles. The van der Waals surface area contributed by atoms with Crippen LogP contribution in [-0.2, 0) is 0 Å². The first-order chi connectivity index (χ1) is 5.65. The van der Waals surface area contributed by atoms with Gasteiger partial charge in [0.05, 0.1) is 18.0 Å². The molecule has 0 bridgehead atoms. The minimum absolute atomic E-state index is 0.307. The molecule has 2 N–H and O–H groups in total. The van der Waals surface area contributed by atoms with Crippen LogP contribution in [0.4, 0.5) is 5.69 Å². The van der Waals surface area contributed by atoms with E-state index in [9.17, 15) is 4.79 Å². The minimum atomic E-state index is -0.557. The van der Waals surface area contributed by atoms with E-state index in [0.717, 1.165) is 4.68 Å². The third-order valence-electron chi connectivity index (χ3n) is 1.40. The molecule has 0 spiro atoms. The van der Waals surface area contributed by atoms with E-state index >= 15 is 0 Å². The molecule has 1 aromatic heterocycles. The molecule has 0 aliphatic heterocycles. The van der Waals surface area contributed by atoms with Crippen LogP contribution in [0.5, 0.6) is 0 Å². The Bertz CT molecular complexity index is 376. The molecule has 0 aliphatic rings. The third-order valence-corrected chi connectivity index (χ3v) is 1.40. The number of rotatable bonds is 1. The second-order valence-electron chi connectivity index (χ2n) is 2.38. The lowest BCUT2D eigenvalue weighted by molar-refractivity contribution is 0.556. The van der Waals surface area contributed by atoms with Gasteiger partial charge in [-0.15, -0.1) is 0 Å². The summed E-state index contributed by atoms with van der Waals surface area (Å²) in [6, 6.07) is 2.58. The van der Waals surface area contributed by atoms with E-state index in [1.165, 1.54) is 12.3 Å². The van der Waals surface area contributed by atoms with Crippen molar-refractivity contribution in [3.8, 4) is 6.07 Å². The Labute approximate surface area is 69.0 Å². The summed E-state index contributed by atoms with van der Waals surface area (Å²) in [5.74, 6) is 0. The number of nitrogens with two attached hydrogens (primary N) is 1. The molecule has 5 nitrogen and oxygen atoms in total. The van der Waals surface area contributed by atoms with Crippen molar-refractivity contribution in [3.63, 3.8) is 0 Å². The lowest BCUT2D eigenvalue weighted by Crippen LogP contribution is -2.24. The topological polar surface area (TPSA) is 84.7 Å². The Kier molecular flexibility index (Phi) is 2.10. The maximum Gasteiger partial charge on any atom is 0.270 e. The molecule has 62 valence electrons. The minimum Gasteiger partial charge on any atom is -0.397 e. The van der Waals surface area contributed by atoms with Crippen LogP contribution >= 0.6 is 0 Å². The molecular weight excluding hydrogens is 156 g/mol. The molecule has 1 rings (SSSR count). The van der Waals surface area contributed by atoms with E-state index in [0.29, 0.717) is 5.69 Å². The second-order valence-corrected chi connectivity index (χ2v) is 2.38. The van der Waals surface area contributed by atoms with Crippen molar-refractivity contribution in [3.05, 3.63) is 22.6 Å². The van der Waals surface area contributed by atoms with Gasteiger partial charge in [0.15, 0.2) is 0 Å². The fourth-order valence-electron chi connectivity index (χ4n) is 0.777. The van der Waals surface area contributed by atoms with Crippen molar-refractivity contribution in [2.24, 2.45) is 0 Å². The average molecular weight is 164 g/mol. The Balaban J connectivity index is 3.21. The van der Waals surface area contributed by atoms with Gasteiger partial charge in [-0.25, -0.2) is 4.68 Å². The average Bonchev–Trinajstić information content (AvgIpc) is 2.03. The molecular formula is C7H8N4O. The van der Waals surface area contributed by atoms with E-state index in [1.807, 2.05) is 6.07 Å². The number of hydrogen-bond acceptors (Lipinski definition) is 4. The Hall–Kier alpha value is -1.83. The summed E-state index contributed by atoms with van der Waals surface area (Å²) in [6.07, 6.45) is 1.34. The van der Waals surface area contributed by atoms with Crippen molar-refractivity contribution < 1.29 is 0 Å². The Morgan fingerprint density at radius 3 is 3.00 bits per heavy atom. The van der Waals surface area contributed by atoms with Crippen LogP contribution in [0.15, 0.2) is 17.1 Å². The predicted octanol–water partition coefficient (Wildman–Crippen LogP) is -0.0899. The molecule has 5 heteroatoms. The largest absolute Gasteiger partial charge is 0.397 e. The predicted molar refractivity (Wildman–Crippen MR) is 43.2 cm³/mol. The maximum atomic E-state index is 11.1. The summed E-state index contributed by atoms with van der Waals surface area (Å²) in [4.78, 5) is 11.1. The zero-order chi connectivity index (χ0) is 9.14. The third kappa shape index (κ3) is 1.42. The standard InChI is InChI=1S/C7H8N4O/c1-5(3-8)11-7(12)2-6(9)4-10-11/h2,4-5H,9H2,1H3. The molecule has 0 saturated heterocycles. The molecule has 0 saturated carbocycles. The Morgan fingerprint density at radius 2 is 2.50 bits per heavy atom. The zero-order valence-electron chi connectivity index (χ0n) is 6.56. The molecule has 1 atom stereocenters. The lowest BCUT2D eigenvalue weighted by Gasteiger charge is -2.04. The van der Waals surface area contributed by atoms with Crippen LogP contribution in [-0.4, -0.2) is 9.78 Å². The molecule has 0 amide bonds. The van der Waals surface area contributed by atoms with Crippen molar-refractivity contribution in [2.45, 2.75) is 13.0 Å². The van der Waals surface area contributed by atoms with Crippen LogP contribution in [0.25, 0.3) is 0 Å². The van der Waals surface area contributed by atoms with Gasteiger partial charge in [0.2, 0.25) is 0 Å². The van der Waals surface area contributed by atoms with Crippen LogP contribution in [0.2, 0.25) is 0 Å². The summed E-state index contributed by atoms with van der Waals surface area (Å²) in [7, 11) is 0. The Morgan fingerprint density at radius 1 is 1.83 bits per heavy atom. The van der Waals surface area contributed by atoms with Gasteiger partial charge in [-0.2, -0.15) is 10.4 Å². The number of nitrogens with zero attached hydrogens (tertiary/aromatic N) is 3. The maximum absolute atomic E-state index is 11.1. The molecule has 12 heavy (non-hydrogen) atoms. The van der Waals surface area contributed by atoms with Gasteiger partial charge in [0.1, 0.15) is 6.04 Å². The monoisotopic (exact) mass is 164 g/mol. The summed E-state index contributed by atoms with van der Waals surface area (Å²) in [5.41, 5.74) is 5.26. The van der Waals surface area contributed by atoms with Crippen LogP contribution in [0.3, 0.4) is 0 Å². The van der Waals surface area contributed by atoms with Crippen molar-refractivity contribution in [1.82, 2.24) is 9.78 Å². The summed E-state index contributed by atoms with van der Waals surface area (Å²) < 4.78 is 1.08. The molecule has 0 fully saturated rings. The van der Waals surface area contributed by atoms with Crippen LogP contribution in [0, 0.1) is 11.3 Å². The highest BCUT2D eigenvalue weighted by Gasteiger charge is 2.04. The van der Waals surface area contributed by atoms with Crippen molar-refractivity contribution in [2.75, 3.05) is 5.73 Å². The van der Waals surface area contributed by atoms with Crippen molar-refractivity contribution in [1.29, 1.82) is 5.26 Å². The van der Waals surface area contributed by atoms with Crippen molar-refractivity contribution >= 4 is 5.69 Å². The lowest BCUT2D eigenvalue weighted by atomic mass is 10.4.